The molecular weight excluding hydrogens is 138 g/mol. The van der Waals surface area contributed by atoms with E-state index < -0.39 is 0 Å². The van der Waals surface area contributed by atoms with E-state index in [0.717, 1.165) is 25.9 Å². The lowest BCUT2D eigenvalue weighted by Gasteiger charge is -2.16. The van der Waals surface area contributed by atoms with Crippen LogP contribution in [-0.4, -0.2) is 24.3 Å². The Labute approximate surface area is 71.0 Å². The van der Waals surface area contributed by atoms with Crippen molar-refractivity contribution >= 4 is 0 Å². The molecule has 0 spiro atoms. The van der Waals surface area contributed by atoms with E-state index in [4.69, 9.17) is 5.11 Å². The van der Waals surface area contributed by atoms with Crippen molar-refractivity contribution in [1.29, 1.82) is 0 Å². The Balaban J connectivity index is 0. The quantitative estimate of drug-likeness (QED) is 0.567. The van der Waals surface area contributed by atoms with E-state index in [1.165, 1.54) is 6.42 Å². The minimum absolute atomic E-state index is 0. The minimum Gasteiger partial charge on any atom is -0.393 e. The van der Waals surface area contributed by atoms with Crippen molar-refractivity contribution in [2.75, 3.05) is 13.1 Å². The van der Waals surface area contributed by atoms with Crippen LogP contribution in [0, 0.1) is 0 Å². The molecule has 0 atom stereocenters. The van der Waals surface area contributed by atoms with E-state index >= 15 is 0 Å². The second kappa shape index (κ2) is 9.92. The van der Waals surface area contributed by atoms with Crippen LogP contribution in [0.3, 0.4) is 0 Å². The summed E-state index contributed by atoms with van der Waals surface area (Å²) in [5.41, 5.74) is 0. The summed E-state index contributed by atoms with van der Waals surface area (Å²) in [5, 5.41) is 12.0. The average Bonchev–Trinajstić information content (AvgIpc) is 1.91. The van der Waals surface area contributed by atoms with E-state index in [2.05, 4.69) is 19.2 Å². The molecule has 0 radical (unpaired) electrons. The SMILES string of the molecule is C.CCC.OC1CCNCC1. The number of nitrogens with one attached hydrogen (secondary N) is 1. The van der Waals surface area contributed by atoms with E-state index in [1.54, 1.807) is 0 Å². The highest BCUT2D eigenvalue weighted by atomic mass is 16.3. The molecule has 1 aliphatic rings. The lowest BCUT2D eigenvalue weighted by Crippen LogP contribution is -2.30. The molecule has 1 rings (SSSR count). The molecule has 2 nitrogen and oxygen atoms in total. The molecule has 1 heterocycles. The number of piperidine rings is 1. The molecule has 0 saturated carbocycles. The molecule has 11 heavy (non-hydrogen) atoms. The fourth-order valence-electron chi connectivity index (χ4n) is 0.807. The summed E-state index contributed by atoms with van der Waals surface area (Å²) in [6.07, 6.45) is 3.08. The predicted molar refractivity (Wildman–Crippen MR) is 50.8 cm³/mol. The summed E-state index contributed by atoms with van der Waals surface area (Å²) < 4.78 is 0. The first-order chi connectivity index (χ1) is 4.81. The van der Waals surface area contributed by atoms with Gasteiger partial charge in [-0.25, -0.2) is 0 Å². The summed E-state index contributed by atoms with van der Waals surface area (Å²) in [7, 11) is 0. The molecule has 0 amide bonds. The molecule has 2 N–H and O–H groups in total. The standard InChI is InChI=1S/C5H11NO.C3H8.CH4/c7-5-1-3-6-4-2-5;1-3-2;/h5-7H,1-4H2;3H2,1-2H3;1H4. The van der Waals surface area contributed by atoms with Gasteiger partial charge in [0, 0.05) is 0 Å². The van der Waals surface area contributed by atoms with Gasteiger partial charge in [0.1, 0.15) is 0 Å². The third kappa shape index (κ3) is 9.92. The molecule has 1 aliphatic heterocycles. The van der Waals surface area contributed by atoms with Gasteiger partial charge in [-0.15, -0.1) is 0 Å². The van der Waals surface area contributed by atoms with E-state index in [-0.39, 0.29) is 13.5 Å². The molecule has 0 aromatic rings. The van der Waals surface area contributed by atoms with Crippen molar-refractivity contribution in [3.63, 3.8) is 0 Å². The van der Waals surface area contributed by atoms with Gasteiger partial charge in [0.2, 0.25) is 0 Å². The van der Waals surface area contributed by atoms with Gasteiger partial charge >= 0.3 is 0 Å². The van der Waals surface area contributed by atoms with E-state index in [9.17, 15) is 0 Å². The largest absolute Gasteiger partial charge is 0.393 e. The van der Waals surface area contributed by atoms with Crippen LogP contribution in [0.25, 0.3) is 0 Å². The number of hydrogen-bond donors (Lipinski definition) is 2. The maximum atomic E-state index is 8.87. The van der Waals surface area contributed by atoms with Gasteiger partial charge in [-0.05, 0) is 25.9 Å². The Morgan fingerprint density at radius 3 is 1.82 bits per heavy atom. The van der Waals surface area contributed by atoms with Crippen molar-refractivity contribution in [1.82, 2.24) is 5.32 Å². The summed E-state index contributed by atoms with van der Waals surface area (Å²) in [4.78, 5) is 0. The third-order valence-electron chi connectivity index (χ3n) is 1.31. The summed E-state index contributed by atoms with van der Waals surface area (Å²) in [5.74, 6) is 0. The molecule has 1 fully saturated rings. The lowest BCUT2D eigenvalue weighted by molar-refractivity contribution is 0.137. The van der Waals surface area contributed by atoms with Crippen LogP contribution in [-0.2, 0) is 0 Å². The lowest BCUT2D eigenvalue weighted by atomic mass is 10.1. The van der Waals surface area contributed by atoms with Crippen LogP contribution in [0.15, 0.2) is 0 Å². The number of aliphatic hydroxyl groups excluding tert-OH is 1. The second-order valence-electron chi connectivity index (χ2n) is 2.69. The van der Waals surface area contributed by atoms with Crippen molar-refractivity contribution in [2.24, 2.45) is 0 Å². The average molecular weight is 161 g/mol. The van der Waals surface area contributed by atoms with Crippen molar-refractivity contribution < 1.29 is 5.11 Å². The zero-order valence-corrected chi connectivity index (χ0v) is 7.06. The third-order valence-corrected chi connectivity index (χ3v) is 1.31. The van der Waals surface area contributed by atoms with E-state index in [1.807, 2.05) is 0 Å². The van der Waals surface area contributed by atoms with Gasteiger partial charge in [0.15, 0.2) is 0 Å². The monoisotopic (exact) mass is 161 g/mol. The topological polar surface area (TPSA) is 32.3 Å². The van der Waals surface area contributed by atoms with Gasteiger partial charge in [0.25, 0.3) is 0 Å². The Morgan fingerprint density at radius 1 is 1.27 bits per heavy atom. The molecule has 0 aliphatic carbocycles. The number of aliphatic hydroxyl groups is 1. The van der Waals surface area contributed by atoms with Crippen molar-refractivity contribution in [3.05, 3.63) is 0 Å². The number of hydrogen-bond acceptors (Lipinski definition) is 2. The van der Waals surface area contributed by atoms with Crippen LogP contribution < -0.4 is 5.32 Å². The highest BCUT2D eigenvalue weighted by Crippen LogP contribution is 1.99. The van der Waals surface area contributed by atoms with Crippen molar-refractivity contribution in [2.45, 2.75) is 46.6 Å². The van der Waals surface area contributed by atoms with E-state index in [0.29, 0.717) is 0 Å². The van der Waals surface area contributed by atoms with Crippen LogP contribution in [0.5, 0.6) is 0 Å². The Hall–Kier alpha value is -0.0800. The van der Waals surface area contributed by atoms with Gasteiger partial charge in [-0.1, -0.05) is 27.7 Å². The zero-order chi connectivity index (χ0) is 7.82. The molecule has 1 saturated heterocycles. The highest BCUT2D eigenvalue weighted by Gasteiger charge is 2.06. The number of rotatable bonds is 0. The van der Waals surface area contributed by atoms with Gasteiger partial charge in [-0.2, -0.15) is 0 Å². The molecule has 70 valence electrons. The molecule has 0 aromatic heterocycles. The second-order valence-corrected chi connectivity index (χ2v) is 2.69. The Morgan fingerprint density at radius 2 is 1.64 bits per heavy atom. The summed E-state index contributed by atoms with van der Waals surface area (Å²) in [6, 6.07) is 0. The fourth-order valence-corrected chi connectivity index (χ4v) is 0.807. The first kappa shape index (κ1) is 13.5. The van der Waals surface area contributed by atoms with Gasteiger partial charge in [0.05, 0.1) is 6.10 Å². The van der Waals surface area contributed by atoms with Crippen LogP contribution in [0.2, 0.25) is 0 Å². The summed E-state index contributed by atoms with van der Waals surface area (Å²) in [6.45, 7) is 6.22. The molecule has 0 aromatic carbocycles. The van der Waals surface area contributed by atoms with Gasteiger partial charge < -0.3 is 10.4 Å². The maximum absolute atomic E-state index is 8.87. The minimum atomic E-state index is -0.0266. The summed E-state index contributed by atoms with van der Waals surface area (Å²) >= 11 is 0. The van der Waals surface area contributed by atoms with Gasteiger partial charge in [-0.3, -0.25) is 0 Å². The predicted octanol–water partition coefficient (Wildman–Crippen LogP) is 1.78. The maximum Gasteiger partial charge on any atom is 0.0564 e. The van der Waals surface area contributed by atoms with Crippen molar-refractivity contribution in [3.8, 4) is 0 Å². The van der Waals surface area contributed by atoms with Crippen LogP contribution >= 0.6 is 0 Å². The van der Waals surface area contributed by atoms with Crippen LogP contribution in [0.1, 0.15) is 40.5 Å². The molecule has 2 heteroatoms. The smallest absolute Gasteiger partial charge is 0.0564 e. The first-order valence-electron chi connectivity index (χ1n) is 4.20. The zero-order valence-electron chi connectivity index (χ0n) is 7.06. The molecular formula is C9H23NO. The first-order valence-corrected chi connectivity index (χ1v) is 4.20. The molecule has 0 bridgehead atoms. The highest BCUT2D eigenvalue weighted by molar-refractivity contribution is 4.65. The van der Waals surface area contributed by atoms with Crippen LogP contribution in [0.4, 0.5) is 0 Å². The fraction of sp³-hybridized carbons (Fsp3) is 1.00. The Kier molecular flexibility index (Phi) is 12.2. The Bertz CT molecular complexity index is 60.6. The normalized spacial score (nSPS) is 17.7. The molecule has 0 unspecified atom stereocenters.